The predicted molar refractivity (Wildman–Crippen MR) is 46.2 cm³/mol. The van der Waals surface area contributed by atoms with Crippen molar-refractivity contribution in [1.29, 1.82) is 0 Å². The van der Waals surface area contributed by atoms with Gasteiger partial charge in [-0.05, 0) is 30.6 Å². The Balaban J connectivity index is 2.12. The van der Waals surface area contributed by atoms with Crippen molar-refractivity contribution in [3.05, 3.63) is 0 Å². The van der Waals surface area contributed by atoms with Crippen LogP contribution in [0.15, 0.2) is 0 Å². The first-order chi connectivity index (χ1) is 5.52. The zero-order valence-electron chi connectivity index (χ0n) is 8.11. The summed E-state index contributed by atoms with van der Waals surface area (Å²) in [7, 11) is 0. The van der Waals surface area contributed by atoms with Crippen molar-refractivity contribution in [2.75, 3.05) is 0 Å². The molecule has 3 rings (SSSR count). The first kappa shape index (κ1) is 7.34. The number of hydrogen-bond acceptors (Lipinski definition) is 2. The van der Waals surface area contributed by atoms with E-state index in [0.29, 0.717) is 10.8 Å². The first-order valence-electron chi connectivity index (χ1n) is 4.97. The Morgan fingerprint density at radius 2 is 2.00 bits per heavy atom. The fourth-order valence-electron chi connectivity index (χ4n) is 3.62. The molecule has 3 atom stereocenters. The third-order valence-electron chi connectivity index (χ3n) is 5.21. The molecular formula is C10H17NO. The van der Waals surface area contributed by atoms with Gasteiger partial charge in [-0.2, -0.15) is 5.48 Å². The molecule has 68 valence electrons. The van der Waals surface area contributed by atoms with Crippen LogP contribution in [-0.4, -0.2) is 5.72 Å². The normalized spacial score (nSPS) is 59.8. The molecule has 0 amide bonds. The maximum Gasteiger partial charge on any atom is 0.167 e. The van der Waals surface area contributed by atoms with Crippen LogP contribution in [0.1, 0.15) is 40.0 Å². The lowest BCUT2D eigenvalue weighted by Gasteiger charge is -2.36. The molecule has 1 N–H and O–H groups in total. The summed E-state index contributed by atoms with van der Waals surface area (Å²) in [5.41, 5.74) is 4.07. The van der Waals surface area contributed by atoms with Crippen LogP contribution in [0.2, 0.25) is 0 Å². The van der Waals surface area contributed by atoms with Gasteiger partial charge in [-0.3, -0.25) is 4.84 Å². The third-order valence-corrected chi connectivity index (χ3v) is 5.21. The fourth-order valence-corrected chi connectivity index (χ4v) is 3.62. The van der Waals surface area contributed by atoms with Crippen molar-refractivity contribution in [3.63, 3.8) is 0 Å². The average molecular weight is 167 g/mol. The highest BCUT2D eigenvalue weighted by Crippen LogP contribution is 2.72. The summed E-state index contributed by atoms with van der Waals surface area (Å²) in [5.74, 6) is 0.873. The molecule has 1 saturated heterocycles. The van der Waals surface area contributed by atoms with Crippen LogP contribution in [0, 0.1) is 16.7 Å². The van der Waals surface area contributed by atoms with E-state index in [4.69, 9.17) is 4.84 Å². The van der Waals surface area contributed by atoms with Gasteiger partial charge in [0.25, 0.3) is 0 Å². The Kier molecular flexibility index (Phi) is 0.978. The van der Waals surface area contributed by atoms with Crippen LogP contribution in [0.4, 0.5) is 0 Å². The van der Waals surface area contributed by atoms with Crippen molar-refractivity contribution in [2.45, 2.75) is 45.8 Å². The van der Waals surface area contributed by atoms with E-state index >= 15 is 0 Å². The predicted octanol–water partition coefficient (Wildman–Crippen LogP) is 2.06. The number of rotatable bonds is 0. The molecule has 2 aliphatic carbocycles. The van der Waals surface area contributed by atoms with E-state index in [1.165, 1.54) is 19.3 Å². The Bertz CT molecular complexity index is 244. The van der Waals surface area contributed by atoms with Crippen molar-refractivity contribution in [3.8, 4) is 0 Å². The Morgan fingerprint density at radius 3 is 2.25 bits per heavy atom. The van der Waals surface area contributed by atoms with Crippen LogP contribution in [0.5, 0.6) is 0 Å². The van der Waals surface area contributed by atoms with Crippen LogP contribution in [0.3, 0.4) is 0 Å². The van der Waals surface area contributed by atoms with E-state index in [-0.39, 0.29) is 5.72 Å². The fraction of sp³-hybridized carbons (Fsp3) is 1.00. The highest BCUT2D eigenvalue weighted by molar-refractivity contribution is 5.19. The van der Waals surface area contributed by atoms with E-state index in [9.17, 15) is 0 Å². The minimum absolute atomic E-state index is 0.0828. The highest BCUT2D eigenvalue weighted by atomic mass is 16.8. The molecule has 1 spiro atoms. The van der Waals surface area contributed by atoms with E-state index in [1.807, 2.05) is 0 Å². The Labute approximate surface area is 73.6 Å². The molecule has 3 aliphatic rings. The van der Waals surface area contributed by atoms with Crippen LogP contribution in [0.25, 0.3) is 0 Å². The summed E-state index contributed by atoms with van der Waals surface area (Å²) in [4.78, 5) is 5.48. The molecule has 0 aromatic heterocycles. The molecule has 3 fully saturated rings. The van der Waals surface area contributed by atoms with Crippen molar-refractivity contribution < 1.29 is 4.84 Å². The smallest absolute Gasteiger partial charge is 0.167 e. The van der Waals surface area contributed by atoms with Gasteiger partial charge in [-0.15, -0.1) is 0 Å². The van der Waals surface area contributed by atoms with E-state index in [0.717, 1.165) is 5.92 Å². The quantitative estimate of drug-likeness (QED) is 0.560. The van der Waals surface area contributed by atoms with Crippen molar-refractivity contribution in [2.24, 2.45) is 16.7 Å². The largest absolute Gasteiger partial charge is 0.274 e. The summed E-state index contributed by atoms with van der Waals surface area (Å²) in [6.45, 7) is 7.20. The summed E-state index contributed by atoms with van der Waals surface area (Å²) in [6, 6.07) is 0. The van der Waals surface area contributed by atoms with Crippen molar-refractivity contribution in [1.82, 2.24) is 5.48 Å². The summed E-state index contributed by atoms with van der Waals surface area (Å²) in [6.07, 6.45) is 3.96. The second-order valence-electron chi connectivity index (χ2n) is 5.52. The third kappa shape index (κ3) is 0.495. The van der Waals surface area contributed by atoms with E-state index in [1.54, 1.807) is 0 Å². The Hall–Kier alpha value is -0.0800. The van der Waals surface area contributed by atoms with Gasteiger partial charge in [0.1, 0.15) is 0 Å². The van der Waals surface area contributed by atoms with Gasteiger partial charge in [0.2, 0.25) is 0 Å². The lowest BCUT2D eigenvalue weighted by atomic mass is 9.68. The highest BCUT2D eigenvalue weighted by Gasteiger charge is 2.75. The number of hydroxylamine groups is 1. The molecule has 2 nitrogen and oxygen atoms in total. The molecule has 2 bridgehead atoms. The monoisotopic (exact) mass is 167 g/mol. The summed E-state index contributed by atoms with van der Waals surface area (Å²) < 4.78 is 0. The van der Waals surface area contributed by atoms with Gasteiger partial charge >= 0.3 is 0 Å². The van der Waals surface area contributed by atoms with Crippen molar-refractivity contribution >= 4 is 0 Å². The van der Waals surface area contributed by atoms with E-state index < -0.39 is 0 Å². The average Bonchev–Trinajstić information content (AvgIpc) is 2.69. The summed E-state index contributed by atoms with van der Waals surface area (Å²) >= 11 is 0. The first-order valence-corrected chi connectivity index (χ1v) is 4.97. The number of fused-ring (bicyclic) bond motifs is 3. The van der Waals surface area contributed by atoms with Gasteiger partial charge in [-0.1, -0.05) is 20.8 Å². The zero-order valence-corrected chi connectivity index (χ0v) is 8.11. The lowest BCUT2D eigenvalue weighted by molar-refractivity contribution is 0.0701. The van der Waals surface area contributed by atoms with Gasteiger partial charge in [0.15, 0.2) is 5.72 Å². The molecule has 2 saturated carbocycles. The summed E-state index contributed by atoms with van der Waals surface area (Å²) in [5, 5.41) is 0. The van der Waals surface area contributed by atoms with Gasteiger partial charge in [-0.25, -0.2) is 0 Å². The molecule has 1 heterocycles. The number of hydrogen-bond donors (Lipinski definition) is 1. The minimum atomic E-state index is 0.0828. The Morgan fingerprint density at radius 1 is 1.33 bits per heavy atom. The van der Waals surface area contributed by atoms with Crippen LogP contribution < -0.4 is 5.48 Å². The standard InChI is InChI=1S/C10H17NO/c1-8(2)7-4-5-9(8,3)10(6-7)11-12-10/h7,11H,4-6H2,1-3H3/t7-,9-,10+/m1/s1. The van der Waals surface area contributed by atoms with Gasteiger partial charge < -0.3 is 0 Å². The lowest BCUT2D eigenvalue weighted by Crippen LogP contribution is -2.39. The van der Waals surface area contributed by atoms with Crippen LogP contribution in [-0.2, 0) is 4.84 Å². The van der Waals surface area contributed by atoms with E-state index in [2.05, 4.69) is 26.3 Å². The van der Waals surface area contributed by atoms with Gasteiger partial charge in [0, 0.05) is 5.41 Å². The second kappa shape index (κ2) is 1.60. The maximum absolute atomic E-state index is 5.48. The molecule has 12 heavy (non-hydrogen) atoms. The molecule has 2 heteroatoms. The maximum atomic E-state index is 5.48. The van der Waals surface area contributed by atoms with Crippen LogP contribution >= 0.6 is 0 Å². The molecule has 0 aromatic rings. The molecule has 0 unspecified atom stereocenters. The van der Waals surface area contributed by atoms with Gasteiger partial charge in [0.05, 0.1) is 0 Å². The molecule has 1 aliphatic heterocycles. The second-order valence-corrected chi connectivity index (χ2v) is 5.52. The molecule has 0 radical (unpaired) electrons. The topological polar surface area (TPSA) is 34.5 Å². The minimum Gasteiger partial charge on any atom is -0.274 e. The molecular weight excluding hydrogens is 150 g/mol. The SMILES string of the molecule is CC1(C)[C@@H]2CC[C@@]1(C)[C@@]1(C2)NO1. The zero-order chi connectivity index (χ0) is 8.61. The number of nitrogens with one attached hydrogen (secondary N) is 1. The molecule has 0 aromatic carbocycles.